The maximum Gasteiger partial charge on any atom is 0.0669 e. The third-order valence-electron chi connectivity index (χ3n) is 4.17. The van der Waals surface area contributed by atoms with Crippen molar-refractivity contribution in [3.05, 3.63) is 52.8 Å². The van der Waals surface area contributed by atoms with Crippen molar-refractivity contribution in [2.75, 3.05) is 0 Å². The molecule has 0 saturated carbocycles. The lowest BCUT2D eigenvalue weighted by molar-refractivity contribution is 0.496. The van der Waals surface area contributed by atoms with Gasteiger partial charge in [0.15, 0.2) is 0 Å². The number of hydrogen-bond acceptors (Lipinski definition) is 2. The van der Waals surface area contributed by atoms with E-state index in [-0.39, 0.29) is 6.04 Å². The van der Waals surface area contributed by atoms with Gasteiger partial charge in [0.25, 0.3) is 0 Å². The van der Waals surface area contributed by atoms with Gasteiger partial charge < -0.3 is 5.73 Å². The van der Waals surface area contributed by atoms with Crippen molar-refractivity contribution >= 4 is 0 Å². The first-order valence-corrected chi connectivity index (χ1v) is 7.04. The van der Waals surface area contributed by atoms with E-state index in [1.165, 1.54) is 23.1 Å². The summed E-state index contributed by atoms with van der Waals surface area (Å²) >= 11 is 0. The molecule has 0 aliphatic heterocycles. The van der Waals surface area contributed by atoms with Crippen LogP contribution in [-0.4, -0.2) is 9.78 Å². The largest absolute Gasteiger partial charge is 0.324 e. The molecule has 1 heterocycles. The van der Waals surface area contributed by atoms with E-state index in [0.29, 0.717) is 5.92 Å². The molecule has 0 radical (unpaired) electrons. The molecule has 19 heavy (non-hydrogen) atoms. The second kappa shape index (κ2) is 4.82. The van der Waals surface area contributed by atoms with Crippen molar-refractivity contribution in [3.63, 3.8) is 0 Å². The number of rotatable bonds is 4. The van der Waals surface area contributed by atoms with E-state index in [1.54, 1.807) is 0 Å². The first kappa shape index (κ1) is 12.4. The summed E-state index contributed by atoms with van der Waals surface area (Å²) in [6, 6.07) is 8.80. The predicted molar refractivity (Wildman–Crippen MR) is 77.0 cm³/mol. The second-order valence-electron chi connectivity index (χ2n) is 5.50. The summed E-state index contributed by atoms with van der Waals surface area (Å²) in [4.78, 5) is 0. The fraction of sp³-hybridized carbons (Fsp3) is 0.438. The maximum absolute atomic E-state index is 6.40. The number of aryl methyl sites for hydroxylation is 2. The molecule has 3 nitrogen and oxygen atoms in total. The van der Waals surface area contributed by atoms with Crippen molar-refractivity contribution in [2.24, 2.45) is 12.8 Å². The number of fused-ring (bicyclic) bond motifs is 1. The van der Waals surface area contributed by atoms with E-state index in [4.69, 9.17) is 5.73 Å². The van der Waals surface area contributed by atoms with Gasteiger partial charge in [0.05, 0.1) is 5.69 Å². The molecule has 2 unspecified atom stereocenters. The summed E-state index contributed by atoms with van der Waals surface area (Å²) in [5, 5.41) is 4.48. The first-order valence-electron chi connectivity index (χ1n) is 7.04. The topological polar surface area (TPSA) is 43.8 Å². The molecule has 0 spiro atoms. The van der Waals surface area contributed by atoms with Crippen LogP contribution in [0.2, 0.25) is 0 Å². The number of benzene rings is 1. The SMILES string of the molecule is CCc1nn(C)cc1C(N)CC1Cc2ccccc21. The lowest BCUT2D eigenvalue weighted by atomic mass is 9.74. The van der Waals surface area contributed by atoms with Crippen LogP contribution >= 0.6 is 0 Å². The van der Waals surface area contributed by atoms with Crippen molar-refractivity contribution in [2.45, 2.75) is 38.1 Å². The van der Waals surface area contributed by atoms with E-state index in [1.807, 2.05) is 11.7 Å². The molecule has 1 aromatic carbocycles. The van der Waals surface area contributed by atoms with Gasteiger partial charge >= 0.3 is 0 Å². The predicted octanol–water partition coefficient (Wildman–Crippen LogP) is 2.71. The van der Waals surface area contributed by atoms with Crippen LogP contribution in [0.25, 0.3) is 0 Å². The molecule has 1 aliphatic rings. The molecule has 0 bridgehead atoms. The smallest absolute Gasteiger partial charge is 0.0669 e. The molecule has 2 atom stereocenters. The Morgan fingerprint density at radius 3 is 2.95 bits per heavy atom. The van der Waals surface area contributed by atoms with Crippen LogP contribution in [0.4, 0.5) is 0 Å². The molecule has 100 valence electrons. The van der Waals surface area contributed by atoms with E-state index < -0.39 is 0 Å². The van der Waals surface area contributed by atoms with Gasteiger partial charge in [0, 0.05) is 24.8 Å². The summed E-state index contributed by atoms with van der Waals surface area (Å²) in [6.07, 6.45) is 5.22. The molecule has 2 aromatic rings. The number of aromatic nitrogens is 2. The zero-order valence-electron chi connectivity index (χ0n) is 11.6. The quantitative estimate of drug-likeness (QED) is 0.913. The van der Waals surface area contributed by atoms with E-state index >= 15 is 0 Å². The number of nitrogens with two attached hydrogens (primary N) is 1. The maximum atomic E-state index is 6.40. The molecule has 1 aromatic heterocycles. The van der Waals surface area contributed by atoms with E-state index in [2.05, 4.69) is 42.5 Å². The monoisotopic (exact) mass is 255 g/mol. The Balaban J connectivity index is 1.74. The van der Waals surface area contributed by atoms with E-state index in [9.17, 15) is 0 Å². The minimum Gasteiger partial charge on any atom is -0.324 e. The van der Waals surface area contributed by atoms with E-state index in [0.717, 1.165) is 18.5 Å². The summed E-state index contributed by atoms with van der Waals surface area (Å²) in [5.74, 6) is 0.621. The molecule has 0 amide bonds. The molecule has 0 saturated heterocycles. The van der Waals surface area contributed by atoms with Gasteiger partial charge in [-0.1, -0.05) is 31.2 Å². The Morgan fingerprint density at radius 2 is 2.21 bits per heavy atom. The zero-order valence-corrected chi connectivity index (χ0v) is 11.6. The molecular weight excluding hydrogens is 234 g/mol. The average molecular weight is 255 g/mol. The molecular formula is C16H21N3. The minimum atomic E-state index is 0.0991. The summed E-state index contributed by atoms with van der Waals surface area (Å²) in [7, 11) is 1.97. The Labute approximate surface area is 114 Å². The van der Waals surface area contributed by atoms with Crippen LogP contribution in [-0.2, 0) is 19.9 Å². The van der Waals surface area contributed by atoms with Crippen LogP contribution in [0.5, 0.6) is 0 Å². The molecule has 2 N–H and O–H groups in total. The van der Waals surface area contributed by atoms with Gasteiger partial charge in [-0.3, -0.25) is 4.68 Å². The first-order chi connectivity index (χ1) is 9.19. The Kier molecular flexibility index (Phi) is 3.15. The fourth-order valence-electron chi connectivity index (χ4n) is 3.14. The van der Waals surface area contributed by atoms with Crippen molar-refractivity contribution < 1.29 is 0 Å². The lowest BCUT2D eigenvalue weighted by Gasteiger charge is -2.32. The van der Waals surface area contributed by atoms with Crippen molar-refractivity contribution in [1.29, 1.82) is 0 Å². The molecule has 0 fully saturated rings. The summed E-state index contributed by atoms with van der Waals surface area (Å²) in [6.45, 7) is 2.14. The zero-order chi connectivity index (χ0) is 13.4. The van der Waals surface area contributed by atoms with Gasteiger partial charge in [-0.2, -0.15) is 5.10 Å². The molecule has 3 heteroatoms. The number of nitrogens with zero attached hydrogens (tertiary/aromatic N) is 2. The second-order valence-corrected chi connectivity index (χ2v) is 5.50. The third-order valence-corrected chi connectivity index (χ3v) is 4.17. The average Bonchev–Trinajstić information content (AvgIpc) is 2.77. The van der Waals surface area contributed by atoms with Crippen LogP contribution in [0, 0.1) is 0 Å². The Morgan fingerprint density at radius 1 is 1.42 bits per heavy atom. The van der Waals surface area contributed by atoms with Gasteiger partial charge in [0.1, 0.15) is 0 Å². The van der Waals surface area contributed by atoms with Crippen LogP contribution in [0.1, 0.15) is 47.7 Å². The minimum absolute atomic E-state index is 0.0991. The van der Waals surface area contributed by atoms with Gasteiger partial charge in [-0.25, -0.2) is 0 Å². The van der Waals surface area contributed by atoms with Crippen LogP contribution in [0.3, 0.4) is 0 Å². The standard InChI is InChI=1S/C16H21N3/c1-3-16-14(10-19(2)18-16)15(17)9-12-8-11-6-4-5-7-13(11)12/h4-7,10,12,15H,3,8-9,17H2,1-2H3. The van der Waals surface area contributed by atoms with Crippen molar-refractivity contribution in [3.8, 4) is 0 Å². The highest BCUT2D eigenvalue weighted by Crippen LogP contribution is 2.40. The molecule has 1 aliphatic carbocycles. The fourth-order valence-corrected chi connectivity index (χ4v) is 3.14. The van der Waals surface area contributed by atoms with Gasteiger partial charge in [-0.15, -0.1) is 0 Å². The highest BCUT2D eigenvalue weighted by molar-refractivity contribution is 5.40. The van der Waals surface area contributed by atoms with Crippen molar-refractivity contribution in [1.82, 2.24) is 9.78 Å². The van der Waals surface area contributed by atoms with Gasteiger partial charge in [-0.05, 0) is 36.3 Å². The number of hydrogen-bond donors (Lipinski definition) is 1. The molecule has 3 rings (SSSR count). The van der Waals surface area contributed by atoms with Crippen LogP contribution in [0.15, 0.2) is 30.5 Å². The van der Waals surface area contributed by atoms with Crippen LogP contribution < -0.4 is 5.73 Å². The van der Waals surface area contributed by atoms with Gasteiger partial charge in [0.2, 0.25) is 0 Å². The highest BCUT2D eigenvalue weighted by atomic mass is 15.3. The Hall–Kier alpha value is -1.61. The normalized spacial score (nSPS) is 18.8. The third kappa shape index (κ3) is 2.19. The lowest BCUT2D eigenvalue weighted by Crippen LogP contribution is -2.23. The summed E-state index contributed by atoms with van der Waals surface area (Å²) in [5.41, 5.74) is 11.7. The Bertz CT molecular complexity index is 585. The highest BCUT2D eigenvalue weighted by Gasteiger charge is 2.28. The summed E-state index contributed by atoms with van der Waals surface area (Å²) < 4.78 is 1.88.